The number of pyridine rings is 1. The molecule has 2 aromatic rings. The average Bonchev–Trinajstić information content (AvgIpc) is 2.57. The summed E-state index contributed by atoms with van der Waals surface area (Å²) in [5.74, 6) is 0. The van der Waals surface area contributed by atoms with Gasteiger partial charge in [0.2, 0.25) is 6.20 Å². The molecule has 0 aliphatic carbocycles. The summed E-state index contributed by atoms with van der Waals surface area (Å²) in [7, 11) is -4.51. The molecule has 0 unspecified atom stereocenters. The number of alkyl halides is 3. The van der Waals surface area contributed by atoms with Gasteiger partial charge < -0.3 is 15.8 Å². The number of halogens is 3. The molecule has 0 bridgehead atoms. The third-order valence-corrected chi connectivity index (χ3v) is 4.33. The Morgan fingerprint density at radius 1 is 1.22 bits per heavy atom. The maximum Gasteiger partial charge on any atom is 0.416 e. The van der Waals surface area contributed by atoms with Crippen LogP contribution in [0.1, 0.15) is 12.5 Å². The third-order valence-electron chi connectivity index (χ3n) is 3.21. The number of nitrogens with one attached hydrogen (secondary N) is 3. The molecule has 0 saturated heterocycles. The van der Waals surface area contributed by atoms with Gasteiger partial charge in [-0.2, -0.15) is 26.3 Å². The summed E-state index contributed by atoms with van der Waals surface area (Å²) < 4.78 is 64.6. The van der Waals surface area contributed by atoms with E-state index >= 15 is 0 Å². The Kier molecular flexibility index (Phi) is 5.78. The summed E-state index contributed by atoms with van der Waals surface area (Å²) in [6.45, 7) is 1.58. The van der Waals surface area contributed by atoms with E-state index in [4.69, 9.17) is 0 Å². The first-order valence-corrected chi connectivity index (χ1v) is 8.99. The Bertz CT molecular complexity index is 948. The van der Waals surface area contributed by atoms with Crippen LogP contribution in [0, 0.1) is 5.21 Å². The lowest BCUT2D eigenvalue weighted by molar-refractivity contribution is -0.604. The summed E-state index contributed by atoms with van der Waals surface area (Å²) >= 11 is 0. The van der Waals surface area contributed by atoms with Crippen molar-refractivity contribution in [2.45, 2.75) is 13.1 Å². The first-order valence-electron chi connectivity index (χ1n) is 7.50. The second kappa shape index (κ2) is 7.70. The van der Waals surface area contributed by atoms with E-state index in [0.717, 1.165) is 30.6 Å². The monoisotopic (exact) mass is 404 g/mol. The Balaban J connectivity index is 2.35. The minimum Gasteiger partial charge on any atom is -0.619 e. The molecular formula is C15H15F3N4O4S. The van der Waals surface area contributed by atoms with Crippen molar-refractivity contribution in [2.24, 2.45) is 0 Å². The fourth-order valence-electron chi connectivity index (χ4n) is 2.03. The van der Waals surface area contributed by atoms with Gasteiger partial charge in [-0.15, -0.1) is 0 Å². The first-order chi connectivity index (χ1) is 12.5. The van der Waals surface area contributed by atoms with Crippen molar-refractivity contribution in [3.8, 4) is 0 Å². The number of anilines is 3. The van der Waals surface area contributed by atoms with Gasteiger partial charge in [0.1, 0.15) is 5.69 Å². The van der Waals surface area contributed by atoms with Crippen molar-refractivity contribution in [3.63, 3.8) is 0 Å². The Hall–Kier alpha value is -3.02. The second-order valence-corrected chi connectivity index (χ2v) is 6.84. The maximum absolute atomic E-state index is 12.8. The lowest BCUT2D eigenvalue weighted by atomic mass is 10.2. The summed E-state index contributed by atoms with van der Waals surface area (Å²) in [4.78, 5) is 11.6. The predicted molar refractivity (Wildman–Crippen MR) is 91.7 cm³/mol. The third kappa shape index (κ3) is 5.23. The van der Waals surface area contributed by atoms with E-state index in [-0.39, 0.29) is 28.3 Å². The van der Waals surface area contributed by atoms with Crippen LogP contribution in [0.2, 0.25) is 0 Å². The maximum atomic E-state index is 12.8. The molecule has 12 heteroatoms. The zero-order valence-electron chi connectivity index (χ0n) is 13.9. The normalized spacial score (nSPS) is 11.7. The standard InChI is InChI=1S/C15H15F3N4O4S/c1-2-19-14(23)27(25,26)21-13-9-22(24)7-6-12(13)20-11-5-3-4-10(8-11)15(16,17)18/h3-9,20-21H,2H2,1H3,(H,19,23). The minimum atomic E-state index is -4.56. The zero-order valence-corrected chi connectivity index (χ0v) is 14.7. The van der Waals surface area contributed by atoms with Crippen LogP contribution in [-0.4, -0.2) is 20.2 Å². The van der Waals surface area contributed by atoms with Crippen molar-refractivity contribution in [3.05, 3.63) is 53.5 Å². The highest BCUT2D eigenvalue weighted by molar-refractivity contribution is 8.07. The molecule has 146 valence electrons. The van der Waals surface area contributed by atoms with E-state index in [9.17, 15) is 31.6 Å². The van der Waals surface area contributed by atoms with Gasteiger partial charge in [0, 0.05) is 18.3 Å². The summed E-state index contributed by atoms with van der Waals surface area (Å²) in [6.07, 6.45) is -2.72. The van der Waals surface area contributed by atoms with Crippen molar-refractivity contribution < 1.29 is 31.1 Å². The molecular weight excluding hydrogens is 389 g/mol. The van der Waals surface area contributed by atoms with Gasteiger partial charge in [0.25, 0.3) is 0 Å². The van der Waals surface area contributed by atoms with Crippen LogP contribution in [0.5, 0.6) is 0 Å². The Morgan fingerprint density at radius 2 is 1.93 bits per heavy atom. The molecule has 8 nitrogen and oxygen atoms in total. The van der Waals surface area contributed by atoms with Crippen molar-refractivity contribution >= 4 is 32.3 Å². The van der Waals surface area contributed by atoms with E-state index in [1.165, 1.54) is 19.1 Å². The van der Waals surface area contributed by atoms with Gasteiger partial charge in [0.15, 0.2) is 6.20 Å². The zero-order chi connectivity index (χ0) is 20.2. The van der Waals surface area contributed by atoms with Gasteiger partial charge in [-0.25, -0.2) is 0 Å². The molecule has 1 aromatic heterocycles. The lowest BCUT2D eigenvalue weighted by Crippen LogP contribution is -2.35. The van der Waals surface area contributed by atoms with Crippen LogP contribution < -0.4 is 20.1 Å². The molecule has 0 fully saturated rings. The number of hydrogen-bond acceptors (Lipinski definition) is 5. The van der Waals surface area contributed by atoms with E-state index < -0.39 is 27.0 Å². The van der Waals surface area contributed by atoms with E-state index in [1.807, 2.05) is 4.72 Å². The predicted octanol–water partition coefficient (Wildman–Crippen LogP) is 2.55. The number of aromatic nitrogens is 1. The van der Waals surface area contributed by atoms with E-state index in [1.54, 1.807) is 0 Å². The number of sulfonamides is 1. The van der Waals surface area contributed by atoms with Crippen LogP contribution in [0.25, 0.3) is 0 Å². The summed E-state index contributed by atoms with van der Waals surface area (Å²) in [6, 6.07) is 5.35. The average molecular weight is 404 g/mol. The highest BCUT2D eigenvalue weighted by Gasteiger charge is 2.30. The lowest BCUT2D eigenvalue weighted by Gasteiger charge is -2.14. The highest BCUT2D eigenvalue weighted by atomic mass is 32.2. The van der Waals surface area contributed by atoms with Gasteiger partial charge in [0.05, 0.1) is 11.3 Å². The fraction of sp³-hybridized carbons (Fsp3) is 0.200. The molecule has 1 heterocycles. The molecule has 27 heavy (non-hydrogen) atoms. The molecule has 0 saturated carbocycles. The number of carbonyl (C=O) groups excluding carboxylic acids is 1. The molecule has 0 aliphatic rings. The van der Waals surface area contributed by atoms with Crippen LogP contribution in [0.15, 0.2) is 42.7 Å². The van der Waals surface area contributed by atoms with Crippen molar-refractivity contribution in [1.29, 1.82) is 0 Å². The van der Waals surface area contributed by atoms with Crippen LogP contribution >= 0.6 is 0 Å². The number of benzene rings is 1. The van der Waals surface area contributed by atoms with Gasteiger partial charge in [-0.05, 0) is 25.1 Å². The molecule has 1 aromatic carbocycles. The Labute approximate surface area is 152 Å². The van der Waals surface area contributed by atoms with Gasteiger partial charge >= 0.3 is 21.4 Å². The number of carbonyl (C=O) groups is 1. The van der Waals surface area contributed by atoms with Gasteiger partial charge in [-0.1, -0.05) is 6.07 Å². The molecule has 0 radical (unpaired) electrons. The molecule has 0 aliphatic heterocycles. The fourth-order valence-corrected chi connectivity index (χ4v) is 2.91. The van der Waals surface area contributed by atoms with Gasteiger partial charge in [-0.3, -0.25) is 9.52 Å². The van der Waals surface area contributed by atoms with Crippen molar-refractivity contribution in [2.75, 3.05) is 16.6 Å². The molecule has 1 amide bonds. The molecule has 0 atom stereocenters. The first kappa shape index (κ1) is 20.3. The number of amides is 1. The number of hydrogen-bond donors (Lipinski definition) is 3. The number of nitrogens with zero attached hydrogens (tertiary/aromatic N) is 1. The largest absolute Gasteiger partial charge is 0.619 e. The summed E-state index contributed by atoms with van der Waals surface area (Å²) in [5.41, 5.74) is -1.23. The van der Waals surface area contributed by atoms with Crippen LogP contribution in [0.3, 0.4) is 0 Å². The Morgan fingerprint density at radius 3 is 2.56 bits per heavy atom. The second-order valence-electron chi connectivity index (χ2n) is 5.26. The van der Waals surface area contributed by atoms with Crippen molar-refractivity contribution in [1.82, 2.24) is 5.32 Å². The van der Waals surface area contributed by atoms with Crippen LogP contribution in [-0.2, 0) is 16.2 Å². The topological polar surface area (TPSA) is 114 Å². The SMILES string of the molecule is CCNC(=O)S(=O)(=O)Nc1c[n+]([O-])ccc1Nc1cccc(C(F)(F)F)c1. The smallest absolute Gasteiger partial charge is 0.416 e. The quantitative estimate of drug-likeness (QED) is 0.523. The van der Waals surface area contributed by atoms with E-state index in [0.29, 0.717) is 0 Å². The molecule has 2 rings (SSSR count). The highest BCUT2D eigenvalue weighted by Crippen LogP contribution is 2.32. The molecule has 0 spiro atoms. The number of rotatable bonds is 5. The minimum absolute atomic E-state index is 0.00642. The molecule has 3 N–H and O–H groups in total. The van der Waals surface area contributed by atoms with E-state index in [2.05, 4.69) is 10.6 Å². The van der Waals surface area contributed by atoms with Crippen LogP contribution in [0.4, 0.5) is 35.0 Å². The summed E-state index contributed by atoms with van der Waals surface area (Å²) in [5, 5.41) is 14.8.